The van der Waals surface area contributed by atoms with Crippen LogP contribution in [0, 0.1) is 0 Å². The first-order valence-electron chi connectivity index (χ1n) is 11.8. The van der Waals surface area contributed by atoms with Gasteiger partial charge in [0.05, 0.1) is 13.7 Å². The molecular weight excluding hydrogens is 412 g/mol. The van der Waals surface area contributed by atoms with Crippen molar-refractivity contribution < 1.29 is 19.0 Å². The smallest absolute Gasteiger partial charge is 0.343 e. The van der Waals surface area contributed by atoms with Crippen molar-refractivity contribution in [1.82, 2.24) is 0 Å². The minimum absolute atomic E-state index is 0.0877. The van der Waals surface area contributed by atoms with E-state index in [9.17, 15) is 4.79 Å². The standard InChI is InChI=1S/C29H32O4/c1-3-4-18-32-25-15-17-27-23(19-25)12-16-26(21-8-6-5-7-9-21)29(27)22-10-13-24(14-11-22)33-20-28(30)31-2/h5-11,13-15,17,19,26,29H,3-4,12,16,18,20H2,1-2H3/t26-,29+/m1/s1. The van der Waals surface area contributed by atoms with Crippen molar-refractivity contribution in [3.05, 3.63) is 95.1 Å². The number of hydrogen-bond donors (Lipinski definition) is 0. The average Bonchev–Trinajstić information content (AvgIpc) is 2.87. The van der Waals surface area contributed by atoms with Crippen LogP contribution in [-0.2, 0) is 16.0 Å². The Balaban J connectivity index is 1.64. The van der Waals surface area contributed by atoms with E-state index in [1.807, 2.05) is 12.1 Å². The summed E-state index contributed by atoms with van der Waals surface area (Å²) in [6, 6.07) is 25.5. The summed E-state index contributed by atoms with van der Waals surface area (Å²) in [4.78, 5) is 11.4. The number of fused-ring (bicyclic) bond motifs is 1. The van der Waals surface area contributed by atoms with Gasteiger partial charge in [0.1, 0.15) is 11.5 Å². The molecule has 3 aromatic rings. The normalized spacial score (nSPS) is 17.2. The number of hydrogen-bond acceptors (Lipinski definition) is 4. The molecule has 1 aliphatic rings. The molecule has 33 heavy (non-hydrogen) atoms. The van der Waals surface area contributed by atoms with E-state index in [4.69, 9.17) is 9.47 Å². The van der Waals surface area contributed by atoms with Crippen LogP contribution in [0.2, 0.25) is 0 Å². The Kier molecular flexibility index (Phi) is 7.66. The lowest BCUT2D eigenvalue weighted by molar-refractivity contribution is -0.142. The van der Waals surface area contributed by atoms with Gasteiger partial charge in [-0.3, -0.25) is 0 Å². The van der Waals surface area contributed by atoms with Crippen LogP contribution in [0.4, 0.5) is 0 Å². The molecule has 2 atom stereocenters. The van der Waals surface area contributed by atoms with Crippen LogP contribution >= 0.6 is 0 Å². The monoisotopic (exact) mass is 444 g/mol. The van der Waals surface area contributed by atoms with Crippen LogP contribution < -0.4 is 9.47 Å². The first kappa shape index (κ1) is 22.9. The van der Waals surface area contributed by atoms with Crippen molar-refractivity contribution in [1.29, 1.82) is 0 Å². The average molecular weight is 445 g/mol. The molecule has 0 aromatic heterocycles. The van der Waals surface area contributed by atoms with Crippen LogP contribution in [0.3, 0.4) is 0 Å². The second kappa shape index (κ2) is 11.0. The van der Waals surface area contributed by atoms with Crippen molar-refractivity contribution in [3.63, 3.8) is 0 Å². The van der Waals surface area contributed by atoms with Gasteiger partial charge in [0.2, 0.25) is 0 Å². The molecule has 0 saturated carbocycles. The van der Waals surface area contributed by atoms with Gasteiger partial charge >= 0.3 is 5.97 Å². The minimum Gasteiger partial charge on any atom is -0.494 e. The molecule has 0 unspecified atom stereocenters. The zero-order valence-electron chi connectivity index (χ0n) is 19.5. The highest BCUT2D eigenvalue weighted by atomic mass is 16.6. The topological polar surface area (TPSA) is 44.8 Å². The van der Waals surface area contributed by atoms with Gasteiger partial charge in [-0.25, -0.2) is 4.79 Å². The number of rotatable bonds is 9. The van der Waals surface area contributed by atoms with Crippen LogP contribution in [0.1, 0.15) is 60.3 Å². The van der Waals surface area contributed by atoms with Crippen LogP contribution in [0.25, 0.3) is 0 Å². The Hall–Kier alpha value is -3.27. The number of ether oxygens (including phenoxy) is 3. The predicted molar refractivity (Wildman–Crippen MR) is 130 cm³/mol. The highest BCUT2D eigenvalue weighted by Gasteiger charge is 2.32. The molecule has 0 radical (unpaired) electrons. The Bertz CT molecular complexity index is 1040. The Morgan fingerprint density at radius 2 is 1.67 bits per heavy atom. The van der Waals surface area contributed by atoms with Crippen LogP contribution in [0.15, 0.2) is 72.8 Å². The van der Waals surface area contributed by atoms with Gasteiger partial charge < -0.3 is 14.2 Å². The van der Waals surface area contributed by atoms with Gasteiger partial charge in [-0.15, -0.1) is 0 Å². The number of carbonyl (C=O) groups is 1. The number of methoxy groups -OCH3 is 1. The van der Waals surface area contributed by atoms with E-state index in [0.29, 0.717) is 11.7 Å². The molecule has 4 nitrogen and oxygen atoms in total. The summed E-state index contributed by atoms with van der Waals surface area (Å²) in [6.07, 6.45) is 4.32. The van der Waals surface area contributed by atoms with Crippen LogP contribution in [0.5, 0.6) is 11.5 Å². The van der Waals surface area contributed by atoms with E-state index in [1.54, 1.807) is 0 Å². The maximum atomic E-state index is 11.4. The van der Waals surface area contributed by atoms with Crippen molar-refractivity contribution in [2.75, 3.05) is 20.3 Å². The summed E-state index contributed by atoms with van der Waals surface area (Å²) in [5.41, 5.74) is 5.34. The second-order valence-corrected chi connectivity index (χ2v) is 8.53. The zero-order chi connectivity index (χ0) is 23.0. The Labute approximate surface area is 196 Å². The van der Waals surface area contributed by atoms with Gasteiger partial charge in [-0.1, -0.05) is 61.9 Å². The molecule has 0 saturated heterocycles. The van der Waals surface area contributed by atoms with Gasteiger partial charge in [0, 0.05) is 5.92 Å². The lowest BCUT2D eigenvalue weighted by Crippen LogP contribution is -2.20. The third kappa shape index (κ3) is 5.57. The molecule has 3 aromatic carbocycles. The molecule has 0 aliphatic heterocycles. The number of benzene rings is 3. The molecule has 0 spiro atoms. The zero-order valence-corrected chi connectivity index (χ0v) is 19.5. The lowest BCUT2D eigenvalue weighted by Gasteiger charge is -2.35. The maximum absolute atomic E-state index is 11.4. The third-order valence-corrected chi connectivity index (χ3v) is 6.39. The molecular formula is C29H32O4. The van der Waals surface area contributed by atoms with Gasteiger partial charge in [0.25, 0.3) is 0 Å². The molecule has 0 heterocycles. The number of unbranched alkanes of at least 4 members (excludes halogenated alkanes) is 1. The Morgan fingerprint density at radius 3 is 2.39 bits per heavy atom. The number of carbonyl (C=O) groups excluding carboxylic acids is 1. The highest BCUT2D eigenvalue weighted by molar-refractivity contribution is 5.70. The summed E-state index contributed by atoms with van der Waals surface area (Å²) in [7, 11) is 1.36. The lowest BCUT2D eigenvalue weighted by atomic mass is 9.69. The van der Waals surface area contributed by atoms with E-state index in [1.165, 1.54) is 29.4 Å². The van der Waals surface area contributed by atoms with E-state index in [-0.39, 0.29) is 18.5 Å². The van der Waals surface area contributed by atoms with E-state index in [0.717, 1.165) is 38.0 Å². The Morgan fingerprint density at radius 1 is 0.909 bits per heavy atom. The summed E-state index contributed by atoms with van der Waals surface area (Å²) in [5.74, 6) is 1.88. The first-order valence-corrected chi connectivity index (χ1v) is 11.8. The second-order valence-electron chi connectivity index (χ2n) is 8.53. The van der Waals surface area contributed by atoms with Crippen LogP contribution in [-0.4, -0.2) is 26.3 Å². The van der Waals surface area contributed by atoms with Crippen molar-refractivity contribution in [2.45, 2.75) is 44.4 Å². The van der Waals surface area contributed by atoms with Crippen molar-refractivity contribution in [3.8, 4) is 11.5 Å². The van der Waals surface area contributed by atoms with E-state index >= 15 is 0 Å². The quantitative estimate of drug-likeness (QED) is 0.288. The highest BCUT2D eigenvalue weighted by Crippen LogP contribution is 2.47. The maximum Gasteiger partial charge on any atom is 0.343 e. The van der Waals surface area contributed by atoms with E-state index in [2.05, 4.69) is 72.3 Å². The third-order valence-electron chi connectivity index (χ3n) is 6.39. The van der Waals surface area contributed by atoms with Gasteiger partial charge in [-0.2, -0.15) is 0 Å². The SMILES string of the molecule is CCCCOc1ccc2c(c1)CC[C@H](c1ccccc1)[C@@H]2c1ccc(OCC(=O)OC)cc1. The van der Waals surface area contributed by atoms with Crippen molar-refractivity contribution >= 4 is 5.97 Å². The fourth-order valence-corrected chi connectivity index (χ4v) is 4.66. The molecule has 0 fully saturated rings. The molecule has 172 valence electrons. The largest absolute Gasteiger partial charge is 0.494 e. The van der Waals surface area contributed by atoms with Gasteiger partial charge in [-0.05, 0) is 71.7 Å². The summed E-state index contributed by atoms with van der Waals surface area (Å²) < 4.78 is 16.2. The minimum atomic E-state index is -0.388. The number of aryl methyl sites for hydroxylation is 1. The predicted octanol–water partition coefficient (Wildman–Crippen LogP) is 6.28. The summed E-state index contributed by atoms with van der Waals surface area (Å²) in [6.45, 7) is 2.85. The first-order chi connectivity index (χ1) is 16.2. The summed E-state index contributed by atoms with van der Waals surface area (Å²) in [5, 5.41) is 0. The molecule has 0 N–H and O–H groups in total. The molecule has 0 amide bonds. The van der Waals surface area contributed by atoms with Gasteiger partial charge in [0.15, 0.2) is 6.61 Å². The molecule has 0 bridgehead atoms. The van der Waals surface area contributed by atoms with E-state index < -0.39 is 0 Å². The molecule has 1 aliphatic carbocycles. The number of esters is 1. The van der Waals surface area contributed by atoms with Crippen molar-refractivity contribution in [2.24, 2.45) is 0 Å². The summed E-state index contributed by atoms with van der Waals surface area (Å²) >= 11 is 0. The molecule has 4 heteroatoms. The fourth-order valence-electron chi connectivity index (χ4n) is 4.66. The molecule has 4 rings (SSSR count). The fraction of sp³-hybridized carbons (Fsp3) is 0.345.